The van der Waals surface area contributed by atoms with E-state index in [9.17, 15) is 0 Å². The van der Waals surface area contributed by atoms with E-state index in [1.165, 1.54) is 5.56 Å². The van der Waals surface area contributed by atoms with Crippen LogP contribution in [-0.2, 0) is 0 Å². The molecule has 0 aliphatic rings. The van der Waals surface area contributed by atoms with Gasteiger partial charge in [-0.25, -0.2) is 9.50 Å². The highest BCUT2D eigenvalue weighted by molar-refractivity contribution is 6.08. The zero-order chi connectivity index (χ0) is 28.1. The van der Waals surface area contributed by atoms with Crippen molar-refractivity contribution in [1.29, 1.82) is 0 Å². The molecule has 0 N–H and O–H groups in total. The quantitative estimate of drug-likeness (QED) is 0.207. The summed E-state index contributed by atoms with van der Waals surface area (Å²) >= 11 is 0. The monoisotopic (exact) mass is 533 g/mol. The minimum absolute atomic E-state index is 0.295. The molecule has 0 aliphatic heterocycles. The van der Waals surface area contributed by atoms with Gasteiger partial charge < -0.3 is 0 Å². The van der Waals surface area contributed by atoms with Crippen molar-refractivity contribution in [3.63, 3.8) is 0 Å². The van der Waals surface area contributed by atoms with E-state index in [2.05, 4.69) is 100 Å². The molecule has 0 fully saturated rings. The van der Waals surface area contributed by atoms with Gasteiger partial charge in [0.05, 0.1) is 11.0 Å². The van der Waals surface area contributed by atoms with Crippen LogP contribution in [0.5, 0.6) is 0 Å². The molecular formula is C36H31N5. The van der Waals surface area contributed by atoms with Crippen LogP contribution in [-0.4, -0.2) is 24.6 Å². The van der Waals surface area contributed by atoms with E-state index in [0.29, 0.717) is 17.7 Å². The van der Waals surface area contributed by atoms with Crippen molar-refractivity contribution < 1.29 is 0 Å². The van der Waals surface area contributed by atoms with Crippen LogP contribution in [0.25, 0.3) is 61.1 Å². The maximum Gasteiger partial charge on any atom is 0.182 e. The molecule has 0 atom stereocenters. The molecule has 0 radical (unpaired) electrons. The molecule has 0 saturated heterocycles. The normalized spacial score (nSPS) is 11.9. The summed E-state index contributed by atoms with van der Waals surface area (Å²) in [4.78, 5) is 15.0. The summed E-state index contributed by atoms with van der Waals surface area (Å²) in [6.07, 6.45) is 2.04. The molecule has 0 unspecified atom stereocenters. The van der Waals surface area contributed by atoms with Crippen LogP contribution in [0.2, 0.25) is 0 Å². The number of aromatic nitrogens is 5. The van der Waals surface area contributed by atoms with Crippen LogP contribution in [0, 0.1) is 0 Å². The predicted octanol–water partition coefficient (Wildman–Crippen LogP) is 9.07. The summed E-state index contributed by atoms with van der Waals surface area (Å²) in [6.45, 7) is 8.74. The Hall–Kier alpha value is -4.90. The molecule has 0 amide bonds. The average molecular weight is 534 g/mol. The van der Waals surface area contributed by atoms with Crippen molar-refractivity contribution >= 4 is 27.5 Å². The first-order valence-corrected chi connectivity index (χ1v) is 14.2. The Morgan fingerprint density at radius 2 is 1.24 bits per heavy atom. The van der Waals surface area contributed by atoms with Gasteiger partial charge in [-0.15, -0.1) is 5.10 Å². The molecule has 0 aliphatic carbocycles. The Kier molecular flexibility index (Phi) is 6.08. The molecule has 0 spiro atoms. The van der Waals surface area contributed by atoms with Gasteiger partial charge in [0.1, 0.15) is 0 Å². The van der Waals surface area contributed by atoms with Crippen LogP contribution in [0.1, 0.15) is 50.9 Å². The minimum Gasteiger partial charge on any atom is -0.250 e. The Morgan fingerprint density at radius 3 is 2.00 bits per heavy atom. The summed E-state index contributed by atoms with van der Waals surface area (Å²) in [5.41, 5.74) is 10.5. The second-order valence-electron chi connectivity index (χ2n) is 11.3. The van der Waals surface area contributed by atoms with Crippen molar-refractivity contribution in [2.75, 3.05) is 0 Å². The number of nitrogens with zero attached hydrogens (tertiary/aromatic N) is 5. The lowest BCUT2D eigenvalue weighted by Gasteiger charge is -2.14. The molecule has 3 aromatic carbocycles. The molecule has 7 aromatic rings. The molecular weight excluding hydrogens is 502 g/mol. The van der Waals surface area contributed by atoms with Gasteiger partial charge in [-0.2, -0.15) is 0 Å². The van der Waals surface area contributed by atoms with Gasteiger partial charge in [0.2, 0.25) is 0 Å². The van der Waals surface area contributed by atoms with Gasteiger partial charge in [-0.05, 0) is 52.8 Å². The summed E-state index contributed by atoms with van der Waals surface area (Å²) < 4.78 is 1.86. The number of hydrogen-bond acceptors (Lipinski definition) is 4. The Labute approximate surface area is 239 Å². The highest BCUT2D eigenvalue weighted by Crippen LogP contribution is 2.35. The summed E-state index contributed by atoms with van der Waals surface area (Å²) in [6, 6.07) is 33.9. The SMILES string of the molecule is CC(C)c1ccc2ccc3c(-c4ccc(-c5nc6ccc(-c7ccccc7)cn6n5)cc4)cc(C(C)C)nc3c2n1. The maximum atomic E-state index is 5.12. The van der Waals surface area contributed by atoms with Gasteiger partial charge in [-0.1, -0.05) is 100 Å². The van der Waals surface area contributed by atoms with Crippen LogP contribution in [0.4, 0.5) is 0 Å². The van der Waals surface area contributed by atoms with Gasteiger partial charge in [0.15, 0.2) is 11.5 Å². The summed E-state index contributed by atoms with van der Waals surface area (Å²) in [5.74, 6) is 1.36. The first-order chi connectivity index (χ1) is 19.9. The van der Waals surface area contributed by atoms with E-state index in [1.807, 2.05) is 35.0 Å². The highest BCUT2D eigenvalue weighted by Gasteiger charge is 2.15. The summed E-state index contributed by atoms with van der Waals surface area (Å²) in [7, 11) is 0. The third kappa shape index (κ3) is 4.53. The van der Waals surface area contributed by atoms with Crippen molar-refractivity contribution in [1.82, 2.24) is 24.6 Å². The maximum absolute atomic E-state index is 5.12. The molecule has 0 bridgehead atoms. The lowest BCUT2D eigenvalue weighted by Crippen LogP contribution is -1.99. The predicted molar refractivity (Wildman–Crippen MR) is 168 cm³/mol. The van der Waals surface area contributed by atoms with Crippen LogP contribution in [0.15, 0.2) is 103 Å². The number of fused-ring (bicyclic) bond motifs is 4. The van der Waals surface area contributed by atoms with Crippen molar-refractivity contribution in [3.05, 3.63) is 115 Å². The fraction of sp³-hybridized carbons (Fsp3) is 0.167. The molecule has 5 nitrogen and oxygen atoms in total. The van der Waals surface area contributed by atoms with Crippen molar-refractivity contribution in [2.45, 2.75) is 39.5 Å². The smallest absolute Gasteiger partial charge is 0.182 e. The minimum atomic E-state index is 0.295. The van der Waals surface area contributed by atoms with E-state index in [-0.39, 0.29) is 0 Å². The standard InChI is InChI=1S/C36H31N5/c1-22(2)31-18-15-26-14-17-29-30(20-32(23(3)4)38-35(29)34(26)37-31)25-10-12-27(13-11-25)36-39-33-19-16-28(21-41(33)40-36)24-8-6-5-7-9-24/h5-23H,1-4H3. The summed E-state index contributed by atoms with van der Waals surface area (Å²) in [5, 5.41) is 7.03. The molecule has 41 heavy (non-hydrogen) atoms. The largest absolute Gasteiger partial charge is 0.250 e. The van der Waals surface area contributed by atoms with Gasteiger partial charge in [0.25, 0.3) is 0 Å². The third-order valence-corrected chi connectivity index (χ3v) is 7.76. The van der Waals surface area contributed by atoms with Gasteiger partial charge >= 0.3 is 0 Å². The number of benzene rings is 3. The van der Waals surface area contributed by atoms with E-state index < -0.39 is 0 Å². The topological polar surface area (TPSA) is 56.0 Å². The highest BCUT2D eigenvalue weighted by atomic mass is 15.3. The second kappa shape index (κ2) is 9.93. The zero-order valence-corrected chi connectivity index (χ0v) is 23.7. The fourth-order valence-corrected chi connectivity index (χ4v) is 5.37. The Balaban J connectivity index is 1.31. The molecule has 7 rings (SSSR count). The van der Waals surface area contributed by atoms with Crippen LogP contribution >= 0.6 is 0 Å². The van der Waals surface area contributed by atoms with Gasteiger partial charge in [-0.3, -0.25) is 9.97 Å². The van der Waals surface area contributed by atoms with E-state index >= 15 is 0 Å². The van der Waals surface area contributed by atoms with Crippen molar-refractivity contribution in [2.24, 2.45) is 0 Å². The second-order valence-corrected chi connectivity index (χ2v) is 11.3. The lowest BCUT2D eigenvalue weighted by atomic mass is 9.95. The first-order valence-electron chi connectivity index (χ1n) is 14.2. The zero-order valence-electron chi connectivity index (χ0n) is 23.7. The fourth-order valence-electron chi connectivity index (χ4n) is 5.37. The van der Waals surface area contributed by atoms with Crippen LogP contribution in [0.3, 0.4) is 0 Å². The molecule has 200 valence electrons. The first kappa shape index (κ1) is 25.1. The molecule has 4 heterocycles. The van der Waals surface area contributed by atoms with Crippen LogP contribution < -0.4 is 0 Å². The van der Waals surface area contributed by atoms with E-state index in [4.69, 9.17) is 20.1 Å². The number of hydrogen-bond donors (Lipinski definition) is 0. The Bertz CT molecular complexity index is 2040. The molecule has 0 saturated carbocycles. The van der Waals surface area contributed by atoms with E-state index in [1.54, 1.807) is 0 Å². The number of pyridine rings is 3. The Morgan fingerprint density at radius 1 is 0.561 bits per heavy atom. The van der Waals surface area contributed by atoms with Gasteiger partial charge in [0, 0.05) is 39.5 Å². The lowest BCUT2D eigenvalue weighted by molar-refractivity contribution is 0.826. The molecule has 4 aromatic heterocycles. The van der Waals surface area contributed by atoms with Crippen molar-refractivity contribution in [3.8, 4) is 33.6 Å². The third-order valence-electron chi connectivity index (χ3n) is 7.76. The molecule has 5 heteroatoms. The average Bonchev–Trinajstić information content (AvgIpc) is 3.44. The van der Waals surface area contributed by atoms with E-state index in [0.717, 1.165) is 61.1 Å². The number of rotatable bonds is 5.